The van der Waals surface area contributed by atoms with E-state index in [9.17, 15) is 9.59 Å². The Labute approximate surface area is 109 Å². The molecule has 0 aromatic carbocycles. The second kappa shape index (κ2) is 7.58. The maximum atomic E-state index is 11.9. The predicted molar refractivity (Wildman–Crippen MR) is 67.3 cm³/mol. The van der Waals surface area contributed by atoms with Crippen LogP contribution >= 0.6 is 11.3 Å². The zero-order valence-corrected chi connectivity index (χ0v) is 10.8. The van der Waals surface area contributed by atoms with Crippen LogP contribution in [0.2, 0.25) is 0 Å². The molecule has 1 rings (SSSR count). The van der Waals surface area contributed by atoms with Crippen molar-refractivity contribution in [3.63, 3.8) is 0 Å². The number of ether oxygens (including phenoxy) is 1. The minimum absolute atomic E-state index is 0.391. The van der Waals surface area contributed by atoms with Gasteiger partial charge in [0.15, 0.2) is 11.7 Å². The number of thiophene rings is 1. The molecule has 96 valence electrons. The molecule has 1 aromatic heterocycles. The van der Waals surface area contributed by atoms with Crippen molar-refractivity contribution in [2.45, 2.75) is 6.42 Å². The van der Waals surface area contributed by atoms with Gasteiger partial charge >= 0.3 is 0 Å². The number of nitrogens with zero attached hydrogens (tertiary/aromatic N) is 1. The van der Waals surface area contributed by atoms with Crippen molar-refractivity contribution < 1.29 is 14.3 Å². The lowest BCUT2D eigenvalue weighted by Crippen LogP contribution is -2.35. The standard InChI is InChI=1S/C12H14N2O3S/c1-17-5-2-4-14-12(16)10(7-13)11(15)9-3-6-18-8-9/h3,6,8,10H,2,4-5H2,1H3,(H,14,16). The molecular weight excluding hydrogens is 252 g/mol. The Kier molecular flexibility index (Phi) is 6.05. The van der Waals surface area contributed by atoms with Crippen molar-refractivity contribution >= 4 is 23.0 Å². The minimum Gasteiger partial charge on any atom is -0.385 e. The fraction of sp³-hybridized carbons (Fsp3) is 0.417. The van der Waals surface area contributed by atoms with Gasteiger partial charge in [0.05, 0.1) is 6.07 Å². The molecule has 0 fully saturated rings. The van der Waals surface area contributed by atoms with E-state index in [2.05, 4.69) is 5.32 Å². The molecule has 0 saturated carbocycles. The van der Waals surface area contributed by atoms with E-state index in [1.54, 1.807) is 30.0 Å². The van der Waals surface area contributed by atoms with E-state index in [-0.39, 0.29) is 0 Å². The smallest absolute Gasteiger partial charge is 0.245 e. The maximum absolute atomic E-state index is 11.9. The molecule has 1 amide bonds. The van der Waals surface area contributed by atoms with Crippen LogP contribution in [0.3, 0.4) is 0 Å². The van der Waals surface area contributed by atoms with Gasteiger partial charge in [0.2, 0.25) is 5.91 Å². The number of amides is 1. The van der Waals surface area contributed by atoms with Crippen molar-refractivity contribution in [2.75, 3.05) is 20.3 Å². The van der Waals surface area contributed by atoms with Gasteiger partial charge in [-0.3, -0.25) is 9.59 Å². The molecule has 18 heavy (non-hydrogen) atoms. The molecule has 1 unspecified atom stereocenters. The van der Waals surface area contributed by atoms with Crippen LogP contribution in [0.15, 0.2) is 16.8 Å². The van der Waals surface area contributed by atoms with Crippen LogP contribution in [-0.2, 0) is 9.53 Å². The summed E-state index contributed by atoms with van der Waals surface area (Å²) < 4.78 is 4.83. The van der Waals surface area contributed by atoms with E-state index < -0.39 is 17.6 Å². The lowest BCUT2D eigenvalue weighted by atomic mass is 10.0. The molecule has 0 aliphatic heterocycles. The molecule has 0 radical (unpaired) electrons. The van der Waals surface area contributed by atoms with Crippen LogP contribution in [0.25, 0.3) is 0 Å². The fourth-order valence-electron chi connectivity index (χ4n) is 1.34. The molecule has 0 aliphatic carbocycles. The van der Waals surface area contributed by atoms with Gasteiger partial charge in [-0.15, -0.1) is 0 Å². The van der Waals surface area contributed by atoms with Crippen molar-refractivity contribution in [2.24, 2.45) is 5.92 Å². The summed E-state index contributed by atoms with van der Waals surface area (Å²) in [6.07, 6.45) is 0.646. The van der Waals surface area contributed by atoms with E-state index in [0.29, 0.717) is 25.1 Å². The van der Waals surface area contributed by atoms with E-state index >= 15 is 0 Å². The SMILES string of the molecule is COCCCNC(=O)C(C#N)C(=O)c1ccsc1. The molecule has 1 heterocycles. The molecule has 1 aromatic rings. The highest BCUT2D eigenvalue weighted by atomic mass is 32.1. The van der Waals surface area contributed by atoms with Crippen LogP contribution in [0.4, 0.5) is 0 Å². The summed E-state index contributed by atoms with van der Waals surface area (Å²) in [6, 6.07) is 3.35. The molecule has 6 heteroatoms. The van der Waals surface area contributed by atoms with Crippen LogP contribution < -0.4 is 5.32 Å². The summed E-state index contributed by atoms with van der Waals surface area (Å²) in [7, 11) is 1.57. The number of ketones is 1. The Morgan fingerprint density at radius 1 is 1.61 bits per heavy atom. The van der Waals surface area contributed by atoms with Crippen LogP contribution in [-0.4, -0.2) is 32.0 Å². The van der Waals surface area contributed by atoms with Crippen LogP contribution in [0, 0.1) is 17.2 Å². The Hall–Kier alpha value is -1.71. The molecule has 1 N–H and O–H groups in total. The van der Waals surface area contributed by atoms with E-state index in [0.717, 1.165) is 0 Å². The van der Waals surface area contributed by atoms with Gasteiger partial charge in [-0.1, -0.05) is 0 Å². The number of nitrogens with one attached hydrogen (secondary N) is 1. The molecular formula is C12H14N2O3S. The van der Waals surface area contributed by atoms with Crippen molar-refractivity contribution in [1.82, 2.24) is 5.32 Å². The third-order valence-electron chi connectivity index (χ3n) is 2.28. The van der Waals surface area contributed by atoms with E-state index in [1.165, 1.54) is 11.3 Å². The van der Waals surface area contributed by atoms with Gasteiger partial charge in [-0.2, -0.15) is 16.6 Å². The van der Waals surface area contributed by atoms with Gasteiger partial charge in [0.25, 0.3) is 0 Å². The lowest BCUT2D eigenvalue weighted by molar-refractivity contribution is -0.122. The number of Topliss-reactive ketones (excluding diaryl/α,β-unsaturated/α-hetero) is 1. The first-order valence-electron chi connectivity index (χ1n) is 5.43. The monoisotopic (exact) mass is 266 g/mol. The lowest BCUT2D eigenvalue weighted by Gasteiger charge is -2.08. The summed E-state index contributed by atoms with van der Waals surface area (Å²) in [6.45, 7) is 0.914. The number of carbonyl (C=O) groups excluding carboxylic acids is 2. The van der Waals surface area contributed by atoms with Crippen molar-refractivity contribution in [3.05, 3.63) is 22.4 Å². The number of rotatable bonds is 7. The number of hydrogen-bond donors (Lipinski definition) is 1. The number of carbonyl (C=O) groups is 2. The summed E-state index contributed by atoms with van der Waals surface area (Å²) >= 11 is 1.35. The highest BCUT2D eigenvalue weighted by Gasteiger charge is 2.27. The number of hydrogen-bond acceptors (Lipinski definition) is 5. The second-order valence-corrected chi connectivity index (χ2v) is 4.36. The van der Waals surface area contributed by atoms with E-state index in [1.807, 2.05) is 0 Å². The Bertz CT molecular complexity index is 437. The average Bonchev–Trinajstić information content (AvgIpc) is 2.89. The summed E-state index contributed by atoms with van der Waals surface area (Å²) in [5.41, 5.74) is 0.401. The van der Waals surface area contributed by atoms with Gasteiger partial charge < -0.3 is 10.1 Å². The second-order valence-electron chi connectivity index (χ2n) is 3.58. The first-order valence-corrected chi connectivity index (χ1v) is 6.37. The first-order chi connectivity index (χ1) is 8.70. The maximum Gasteiger partial charge on any atom is 0.245 e. The first kappa shape index (κ1) is 14.4. The Balaban J connectivity index is 2.53. The van der Waals surface area contributed by atoms with Gasteiger partial charge in [0, 0.05) is 31.2 Å². The average molecular weight is 266 g/mol. The summed E-state index contributed by atoms with van der Waals surface area (Å²) in [4.78, 5) is 23.5. The largest absolute Gasteiger partial charge is 0.385 e. The van der Waals surface area contributed by atoms with E-state index in [4.69, 9.17) is 10.00 Å². The summed E-state index contributed by atoms with van der Waals surface area (Å²) in [5, 5.41) is 14.8. The predicted octanol–water partition coefficient (Wildman–Crippen LogP) is 1.22. The highest BCUT2D eigenvalue weighted by Crippen LogP contribution is 2.12. The van der Waals surface area contributed by atoms with Gasteiger partial charge in [0.1, 0.15) is 0 Å². The zero-order valence-electron chi connectivity index (χ0n) is 10.0. The molecule has 0 saturated heterocycles. The fourth-order valence-corrected chi connectivity index (χ4v) is 1.98. The number of methoxy groups -OCH3 is 1. The van der Waals surface area contributed by atoms with Gasteiger partial charge in [-0.05, 0) is 17.9 Å². The van der Waals surface area contributed by atoms with Gasteiger partial charge in [-0.25, -0.2) is 0 Å². The van der Waals surface area contributed by atoms with Crippen molar-refractivity contribution in [3.8, 4) is 6.07 Å². The minimum atomic E-state index is -1.28. The molecule has 0 bridgehead atoms. The third-order valence-corrected chi connectivity index (χ3v) is 2.97. The normalized spacial score (nSPS) is 11.6. The number of nitriles is 1. The zero-order chi connectivity index (χ0) is 13.4. The Morgan fingerprint density at radius 2 is 2.39 bits per heavy atom. The van der Waals surface area contributed by atoms with Crippen LogP contribution in [0.5, 0.6) is 0 Å². The molecule has 5 nitrogen and oxygen atoms in total. The Morgan fingerprint density at radius 3 is 2.94 bits per heavy atom. The van der Waals surface area contributed by atoms with Crippen LogP contribution in [0.1, 0.15) is 16.8 Å². The topological polar surface area (TPSA) is 79.2 Å². The third kappa shape index (κ3) is 3.95. The highest BCUT2D eigenvalue weighted by molar-refractivity contribution is 7.08. The molecule has 1 atom stereocenters. The van der Waals surface area contributed by atoms with Crippen molar-refractivity contribution in [1.29, 1.82) is 5.26 Å². The molecule has 0 spiro atoms. The molecule has 0 aliphatic rings. The quantitative estimate of drug-likeness (QED) is 0.457. The summed E-state index contributed by atoms with van der Waals surface area (Å²) in [5.74, 6) is -2.28.